The van der Waals surface area contributed by atoms with Crippen LogP contribution in [0.4, 0.5) is 4.79 Å². The van der Waals surface area contributed by atoms with E-state index in [0.29, 0.717) is 6.54 Å². The van der Waals surface area contributed by atoms with Gasteiger partial charge in [0.25, 0.3) is 0 Å². The molecular formula is C13H17N3O3. The van der Waals surface area contributed by atoms with Crippen LogP contribution in [0, 0.1) is 0 Å². The van der Waals surface area contributed by atoms with Gasteiger partial charge >= 0.3 is 12.0 Å². The lowest BCUT2D eigenvalue weighted by atomic mass is 10.2. The van der Waals surface area contributed by atoms with E-state index in [1.54, 1.807) is 6.07 Å². The molecule has 6 nitrogen and oxygen atoms in total. The van der Waals surface area contributed by atoms with Crippen LogP contribution in [-0.2, 0) is 6.54 Å². The van der Waals surface area contributed by atoms with Crippen molar-refractivity contribution in [3.63, 3.8) is 0 Å². The van der Waals surface area contributed by atoms with Crippen LogP contribution in [0.25, 0.3) is 0 Å². The van der Waals surface area contributed by atoms with Gasteiger partial charge in [-0.25, -0.2) is 14.6 Å². The molecule has 1 unspecified atom stereocenters. The highest BCUT2D eigenvalue weighted by Gasteiger charge is 2.24. The summed E-state index contributed by atoms with van der Waals surface area (Å²) in [5.74, 6) is -1.05. The van der Waals surface area contributed by atoms with Gasteiger partial charge in [0.05, 0.1) is 0 Å². The van der Waals surface area contributed by atoms with Gasteiger partial charge in [0, 0.05) is 25.3 Å². The van der Waals surface area contributed by atoms with Crippen molar-refractivity contribution in [3.8, 4) is 0 Å². The molecule has 1 fully saturated rings. The first-order chi connectivity index (χ1) is 9.08. The Morgan fingerprint density at radius 2 is 2.32 bits per heavy atom. The Hall–Kier alpha value is -2.11. The second-order valence-electron chi connectivity index (χ2n) is 4.70. The predicted octanol–water partition coefficient (Wildman–Crippen LogP) is 1.47. The summed E-state index contributed by atoms with van der Waals surface area (Å²) >= 11 is 0. The molecule has 0 saturated carbocycles. The Morgan fingerprint density at radius 1 is 1.53 bits per heavy atom. The van der Waals surface area contributed by atoms with Gasteiger partial charge in [-0.15, -0.1) is 0 Å². The van der Waals surface area contributed by atoms with Crippen LogP contribution in [0.5, 0.6) is 0 Å². The minimum Gasteiger partial charge on any atom is -0.477 e. The zero-order valence-electron chi connectivity index (χ0n) is 10.8. The predicted molar refractivity (Wildman–Crippen MR) is 68.8 cm³/mol. The van der Waals surface area contributed by atoms with Crippen LogP contribution in [0.15, 0.2) is 18.3 Å². The highest BCUT2D eigenvalue weighted by Crippen LogP contribution is 2.16. The lowest BCUT2D eigenvalue weighted by Crippen LogP contribution is -2.41. The molecule has 2 rings (SSSR count). The van der Waals surface area contributed by atoms with Crippen molar-refractivity contribution in [2.45, 2.75) is 32.4 Å². The number of pyridine rings is 1. The maximum Gasteiger partial charge on any atom is 0.354 e. The maximum atomic E-state index is 11.9. The van der Waals surface area contributed by atoms with Crippen LogP contribution in [0.2, 0.25) is 0 Å². The number of carbonyl (C=O) groups excluding carboxylic acids is 1. The summed E-state index contributed by atoms with van der Waals surface area (Å²) in [5.41, 5.74) is 0.786. The molecule has 0 bridgehead atoms. The number of rotatable bonds is 3. The van der Waals surface area contributed by atoms with E-state index in [2.05, 4.69) is 10.3 Å². The van der Waals surface area contributed by atoms with Gasteiger partial charge in [-0.2, -0.15) is 0 Å². The standard InChI is InChI=1S/C13H17N3O3/c1-9-3-2-6-16(9)13(19)15-8-10-4-5-11(12(17)18)14-7-10/h4-5,7,9H,2-3,6,8H2,1H3,(H,15,19)(H,17,18). The topological polar surface area (TPSA) is 82.5 Å². The second-order valence-corrected chi connectivity index (χ2v) is 4.70. The maximum absolute atomic E-state index is 11.9. The van der Waals surface area contributed by atoms with Crippen LogP contribution in [-0.4, -0.2) is 39.6 Å². The van der Waals surface area contributed by atoms with Crippen LogP contribution in [0.1, 0.15) is 35.8 Å². The Kier molecular flexibility index (Phi) is 3.99. The molecule has 1 atom stereocenters. The summed E-state index contributed by atoms with van der Waals surface area (Å²) in [6.07, 6.45) is 3.56. The molecule has 1 aliphatic heterocycles. The summed E-state index contributed by atoms with van der Waals surface area (Å²) in [4.78, 5) is 28.2. The van der Waals surface area contributed by atoms with E-state index in [0.717, 1.165) is 24.9 Å². The molecule has 2 N–H and O–H groups in total. The van der Waals surface area contributed by atoms with Crippen molar-refractivity contribution in [3.05, 3.63) is 29.6 Å². The molecule has 1 aliphatic rings. The van der Waals surface area contributed by atoms with Crippen molar-refractivity contribution in [2.75, 3.05) is 6.54 Å². The van der Waals surface area contributed by atoms with Crippen molar-refractivity contribution in [2.24, 2.45) is 0 Å². The molecule has 1 aromatic rings. The number of carboxylic acid groups (broad SMARTS) is 1. The summed E-state index contributed by atoms with van der Waals surface area (Å²) < 4.78 is 0. The van der Waals surface area contributed by atoms with E-state index in [9.17, 15) is 9.59 Å². The lowest BCUT2D eigenvalue weighted by Gasteiger charge is -2.21. The van der Waals surface area contributed by atoms with E-state index in [4.69, 9.17) is 5.11 Å². The molecular weight excluding hydrogens is 246 g/mol. The van der Waals surface area contributed by atoms with Crippen molar-refractivity contribution in [1.29, 1.82) is 0 Å². The molecule has 2 heterocycles. The molecule has 2 amide bonds. The fourth-order valence-electron chi connectivity index (χ4n) is 2.17. The molecule has 0 aliphatic carbocycles. The summed E-state index contributed by atoms with van der Waals surface area (Å²) in [7, 11) is 0. The number of urea groups is 1. The number of hydrogen-bond donors (Lipinski definition) is 2. The van der Waals surface area contributed by atoms with Gasteiger partial charge in [-0.3, -0.25) is 0 Å². The number of aromatic carboxylic acids is 1. The Morgan fingerprint density at radius 3 is 2.84 bits per heavy atom. The average Bonchev–Trinajstić information content (AvgIpc) is 2.83. The number of carbonyl (C=O) groups is 2. The smallest absolute Gasteiger partial charge is 0.354 e. The Balaban J connectivity index is 1.88. The minimum absolute atomic E-state index is 0.00300. The molecule has 1 aromatic heterocycles. The van der Waals surface area contributed by atoms with Gasteiger partial charge in [0.15, 0.2) is 0 Å². The first-order valence-electron chi connectivity index (χ1n) is 6.30. The molecule has 19 heavy (non-hydrogen) atoms. The highest BCUT2D eigenvalue weighted by molar-refractivity contribution is 5.85. The molecule has 102 valence electrons. The monoisotopic (exact) mass is 263 g/mol. The molecule has 1 saturated heterocycles. The third-order valence-electron chi connectivity index (χ3n) is 3.30. The number of hydrogen-bond acceptors (Lipinski definition) is 3. The molecule has 0 spiro atoms. The summed E-state index contributed by atoms with van der Waals surface area (Å²) in [5, 5.41) is 11.5. The first kappa shape index (κ1) is 13.3. The molecule has 6 heteroatoms. The number of nitrogens with zero attached hydrogens (tertiary/aromatic N) is 2. The quantitative estimate of drug-likeness (QED) is 0.865. The summed E-state index contributed by atoms with van der Waals surface area (Å²) in [6, 6.07) is 3.30. The average molecular weight is 263 g/mol. The molecule has 0 radical (unpaired) electrons. The zero-order valence-corrected chi connectivity index (χ0v) is 10.8. The third kappa shape index (κ3) is 3.21. The first-order valence-corrected chi connectivity index (χ1v) is 6.30. The highest BCUT2D eigenvalue weighted by atomic mass is 16.4. The Bertz CT molecular complexity index is 473. The number of amides is 2. The van der Waals surface area contributed by atoms with E-state index in [1.165, 1.54) is 12.3 Å². The van der Waals surface area contributed by atoms with Crippen LogP contribution in [0.3, 0.4) is 0 Å². The number of aromatic nitrogens is 1. The van der Waals surface area contributed by atoms with Crippen LogP contribution >= 0.6 is 0 Å². The van der Waals surface area contributed by atoms with E-state index in [1.807, 2.05) is 11.8 Å². The van der Waals surface area contributed by atoms with Gasteiger partial charge in [-0.05, 0) is 31.4 Å². The minimum atomic E-state index is -1.05. The van der Waals surface area contributed by atoms with Crippen molar-refractivity contribution >= 4 is 12.0 Å². The van der Waals surface area contributed by atoms with Gasteiger partial charge in [0.1, 0.15) is 5.69 Å². The number of carboxylic acids is 1. The van der Waals surface area contributed by atoms with Crippen LogP contribution < -0.4 is 5.32 Å². The second kappa shape index (κ2) is 5.69. The number of likely N-dealkylation sites (tertiary alicyclic amines) is 1. The normalized spacial score (nSPS) is 18.4. The van der Waals surface area contributed by atoms with Crippen molar-refractivity contribution in [1.82, 2.24) is 15.2 Å². The third-order valence-corrected chi connectivity index (χ3v) is 3.30. The van der Waals surface area contributed by atoms with E-state index in [-0.39, 0.29) is 17.8 Å². The fourth-order valence-corrected chi connectivity index (χ4v) is 2.17. The zero-order chi connectivity index (χ0) is 13.8. The Labute approximate surface area is 111 Å². The lowest BCUT2D eigenvalue weighted by molar-refractivity contribution is 0.0690. The summed E-state index contributed by atoms with van der Waals surface area (Å²) in [6.45, 7) is 3.19. The van der Waals surface area contributed by atoms with Gasteiger partial charge in [0.2, 0.25) is 0 Å². The van der Waals surface area contributed by atoms with E-state index >= 15 is 0 Å². The van der Waals surface area contributed by atoms with Crippen molar-refractivity contribution < 1.29 is 14.7 Å². The van der Waals surface area contributed by atoms with Gasteiger partial charge in [-0.1, -0.05) is 6.07 Å². The number of nitrogens with one attached hydrogen (secondary N) is 1. The SMILES string of the molecule is CC1CCCN1C(=O)NCc1ccc(C(=O)O)nc1. The largest absolute Gasteiger partial charge is 0.477 e. The molecule has 0 aromatic carbocycles. The van der Waals surface area contributed by atoms with Gasteiger partial charge < -0.3 is 15.3 Å². The van der Waals surface area contributed by atoms with E-state index < -0.39 is 5.97 Å². The fraction of sp³-hybridized carbons (Fsp3) is 0.462.